The van der Waals surface area contributed by atoms with E-state index in [0.717, 1.165) is 16.7 Å². The summed E-state index contributed by atoms with van der Waals surface area (Å²) < 4.78 is 11.2. The van der Waals surface area contributed by atoms with Crippen molar-refractivity contribution >= 4 is 11.6 Å². The van der Waals surface area contributed by atoms with E-state index in [0.29, 0.717) is 23.6 Å². The summed E-state index contributed by atoms with van der Waals surface area (Å²) in [6, 6.07) is 11.6. The molecule has 0 spiro atoms. The Balaban J connectivity index is 2.15. The van der Waals surface area contributed by atoms with Crippen LogP contribution in [0.2, 0.25) is 0 Å². The molecule has 0 aliphatic rings. The lowest BCUT2D eigenvalue weighted by molar-refractivity contribution is -0.122. The maximum Gasteiger partial charge on any atom is 0.265 e. The number of carbonyl (C=O) groups is 1. The Bertz CT molecular complexity index is 705. The van der Waals surface area contributed by atoms with Crippen molar-refractivity contribution in [1.82, 2.24) is 0 Å². The van der Waals surface area contributed by atoms with Crippen molar-refractivity contribution in [3.63, 3.8) is 0 Å². The van der Waals surface area contributed by atoms with Gasteiger partial charge in [0.15, 0.2) is 6.10 Å². The van der Waals surface area contributed by atoms with E-state index in [1.165, 1.54) is 0 Å². The summed E-state index contributed by atoms with van der Waals surface area (Å²) in [6.45, 7) is 7.93. The molecule has 2 aromatic rings. The highest BCUT2D eigenvalue weighted by Crippen LogP contribution is 2.26. The van der Waals surface area contributed by atoms with E-state index in [2.05, 4.69) is 11.4 Å². The molecule has 1 atom stereocenters. The summed E-state index contributed by atoms with van der Waals surface area (Å²) in [5, 5.41) is 2.91. The number of ether oxygens (including phenoxy) is 2. The van der Waals surface area contributed by atoms with Crippen LogP contribution in [0.25, 0.3) is 0 Å². The number of benzene rings is 2. The molecule has 0 aliphatic heterocycles. The van der Waals surface area contributed by atoms with Gasteiger partial charge < -0.3 is 14.8 Å². The molecule has 4 nitrogen and oxygen atoms in total. The second-order valence-corrected chi connectivity index (χ2v) is 6.03. The Hall–Kier alpha value is -2.49. The van der Waals surface area contributed by atoms with Crippen molar-refractivity contribution < 1.29 is 14.3 Å². The lowest BCUT2D eigenvalue weighted by Gasteiger charge is -2.19. The van der Waals surface area contributed by atoms with Gasteiger partial charge in [0.25, 0.3) is 5.91 Å². The summed E-state index contributed by atoms with van der Waals surface area (Å²) in [5.74, 6) is 1.17. The zero-order valence-electron chi connectivity index (χ0n) is 15.0. The Morgan fingerprint density at radius 3 is 2.29 bits per heavy atom. The van der Waals surface area contributed by atoms with Gasteiger partial charge in [0.2, 0.25) is 0 Å². The lowest BCUT2D eigenvalue weighted by Crippen LogP contribution is -2.32. The minimum Gasteiger partial charge on any atom is -0.495 e. The molecule has 0 fully saturated rings. The normalized spacial score (nSPS) is 11.7. The molecular weight excluding hydrogens is 302 g/mol. The maximum absolute atomic E-state index is 12.6. The van der Waals surface area contributed by atoms with Crippen LogP contribution in [0.5, 0.6) is 11.5 Å². The third-order valence-electron chi connectivity index (χ3n) is 3.75. The molecule has 0 radical (unpaired) electrons. The molecule has 24 heavy (non-hydrogen) atoms. The van der Waals surface area contributed by atoms with Crippen molar-refractivity contribution in [2.24, 2.45) is 0 Å². The summed E-state index contributed by atoms with van der Waals surface area (Å²) in [6.07, 6.45) is 0.0175. The highest BCUT2D eigenvalue weighted by atomic mass is 16.5. The lowest BCUT2D eigenvalue weighted by atomic mass is 10.1. The number of nitrogens with one attached hydrogen (secondary N) is 1. The zero-order valence-corrected chi connectivity index (χ0v) is 15.0. The minimum absolute atomic E-state index is 0.180. The van der Waals surface area contributed by atoms with Crippen LogP contribution in [0, 0.1) is 20.8 Å². The van der Waals surface area contributed by atoms with Crippen LogP contribution in [0.3, 0.4) is 0 Å². The Kier molecular flexibility index (Phi) is 5.85. The van der Waals surface area contributed by atoms with Gasteiger partial charge in [-0.05, 0) is 68.1 Å². The van der Waals surface area contributed by atoms with Crippen molar-refractivity contribution in [3.8, 4) is 11.5 Å². The molecule has 0 heterocycles. The molecule has 0 aromatic heterocycles. The summed E-state index contributed by atoms with van der Waals surface area (Å²) in [7, 11) is 1.59. The van der Waals surface area contributed by atoms with Crippen LogP contribution >= 0.6 is 0 Å². The predicted molar refractivity (Wildman–Crippen MR) is 97.0 cm³/mol. The number of amides is 1. The number of rotatable bonds is 6. The first kappa shape index (κ1) is 17.9. The molecule has 1 N–H and O–H groups in total. The molecule has 0 saturated heterocycles. The smallest absolute Gasteiger partial charge is 0.265 e. The molecule has 2 rings (SSSR count). The van der Waals surface area contributed by atoms with E-state index < -0.39 is 6.10 Å². The standard InChI is InChI=1S/C20H25NO3/c1-6-18(24-16-10-14(3)9-15(4)11-16)20(22)21-17-12-13(2)7-8-19(17)23-5/h7-12,18H,6H2,1-5H3,(H,21,22)/t18-/m0/s1. The quantitative estimate of drug-likeness (QED) is 0.854. The van der Waals surface area contributed by atoms with Gasteiger partial charge in [-0.1, -0.05) is 19.1 Å². The molecule has 0 unspecified atom stereocenters. The van der Waals surface area contributed by atoms with Gasteiger partial charge in [-0.15, -0.1) is 0 Å². The Morgan fingerprint density at radius 1 is 1.04 bits per heavy atom. The SMILES string of the molecule is CC[C@H](Oc1cc(C)cc(C)c1)C(=O)Nc1cc(C)ccc1OC. The van der Waals surface area contributed by atoms with Crippen LogP contribution in [0.15, 0.2) is 36.4 Å². The van der Waals surface area contributed by atoms with Crippen LogP contribution in [0.4, 0.5) is 5.69 Å². The van der Waals surface area contributed by atoms with Crippen molar-refractivity contribution in [2.45, 2.75) is 40.2 Å². The molecular formula is C20H25NO3. The van der Waals surface area contributed by atoms with E-state index >= 15 is 0 Å². The largest absolute Gasteiger partial charge is 0.495 e. The monoisotopic (exact) mass is 327 g/mol. The first-order chi connectivity index (χ1) is 11.4. The van der Waals surface area contributed by atoms with Gasteiger partial charge in [0.1, 0.15) is 11.5 Å². The summed E-state index contributed by atoms with van der Waals surface area (Å²) in [5.41, 5.74) is 3.93. The average molecular weight is 327 g/mol. The number of carbonyl (C=O) groups excluding carboxylic acids is 1. The van der Waals surface area contributed by atoms with E-state index in [-0.39, 0.29) is 5.91 Å². The van der Waals surface area contributed by atoms with E-state index in [9.17, 15) is 4.79 Å². The highest BCUT2D eigenvalue weighted by Gasteiger charge is 2.20. The van der Waals surface area contributed by atoms with E-state index in [1.807, 2.05) is 58.0 Å². The van der Waals surface area contributed by atoms with Gasteiger partial charge in [-0.3, -0.25) is 4.79 Å². The number of aryl methyl sites for hydroxylation is 3. The average Bonchev–Trinajstić information content (AvgIpc) is 2.51. The van der Waals surface area contributed by atoms with Gasteiger partial charge in [0.05, 0.1) is 12.8 Å². The molecule has 0 saturated carbocycles. The van der Waals surface area contributed by atoms with Crippen LogP contribution < -0.4 is 14.8 Å². The number of hydrogen-bond donors (Lipinski definition) is 1. The fourth-order valence-corrected chi connectivity index (χ4v) is 2.62. The first-order valence-electron chi connectivity index (χ1n) is 8.13. The molecule has 4 heteroatoms. The topological polar surface area (TPSA) is 47.6 Å². The van der Waals surface area contributed by atoms with Crippen molar-refractivity contribution in [2.75, 3.05) is 12.4 Å². The van der Waals surface area contributed by atoms with Crippen LogP contribution in [-0.4, -0.2) is 19.1 Å². The van der Waals surface area contributed by atoms with Gasteiger partial charge in [0, 0.05) is 0 Å². The van der Waals surface area contributed by atoms with Gasteiger partial charge >= 0.3 is 0 Å². The molecule has 0 aliphatic carbocycles. The summed E-state index contributed by atoms with van der Waals surface area (Å²) >= 11 is 0. The molecule has 1 amide bonds. The van der Waals surface area contributed by atoms with Gasteiger partial charge in [-0.25, -0.2) is 0 Å². The predicted octanol–water partition coefficient (Wildman–Crippen LogP) is 4.42. The minimum atomic E-state index is -0.559. The Labute approximate surface area is 143 Å². The second-order valence-electron chi connectivity index (χ2n) is 6.03. The van der Waals surface area contributed by atoms with Gasteiger partial charge in [-0.2, -0.15) is 0 Å². The fourth-order valence-electron chi connectivity index (χ4n) is 2.62. The molecule has 2 aromatic carbocycles. The van der Waals surface area contributed by atoms with Crippen molar-refractivity contribution in [1.29, 1.82) is 0 Å². The third kappa shape index (κ3) is 4.51. The van der Waals surface area contributed by atoms with E-state index in [1.54, 1.807) is 7.11 Å². The number of anilines is 1. The summed E-state index contributed by atoms with van der Waals surface area (Å²) in [4.78, 5) is 12.6. The molecule has 0 bridgehead atoms. The van der Waals surface area contributed by atoms with Crippen molar-refractivity contribution in [3.05, 3.63) is 53.1 Å². The van der Waals surface area contributed by atoms with Crippen LogP contribution in [0.1, 0.15) is 30.0 Å². The maximum atomic E-state index is 12.6. The third-order valence-corrected chi connectivity index (χ3v) is 3.75. The molecule has 128 valence electrons. The first-order valence-corrected chi connectivity index (χ1v) is 8.13. The number of hydrogen-bond acceptors (Lipinski definition) is 3. The second kappa shape index (κ2) is 7.86. The fraction of sp³-hybridized carbons (Fsp3) is 0.350. The number of methoxy groups -OCH3 is 1. The van der Waals surface area contributed by atoms with E-state index in [4.69, 9.17) is 9.47 Å². The Morgan fingerprint density at radius 2 is 1.71 bits per heavy atom. The zero-order chi connectivity index (χ0) is 17.7. The highest BCUT2D eigenvalue weighted by molar-refractivity contribution is 5.95. The van der Waals surface area contributed by atoms with Crippen LogP contribution in [-0.2, 0) is 4.79 Å².